The lowest BCUT2D eigenvalue weighted by molar-refractivity contribution is 0.203. The summed E-state index contributed by atoms with van der Waals surface area (Å²) in [5, 5.41) is 10.8. The minimum absolute atomic E-state index is 0.657. The van der Waals surface area contributed by atoms with Gasteiger partial charge in [0.05, 0.1) is 18.5 Å². The van der Waals surface area contributed by atoms with Gasteiger partial charge in [-0.15, -0.1) is 0 Å². The Morgan fingerprint density at radius 1 is 1.23 bits per heavy atom. The highest BCUT2D eigenvalue weighted by Crippen LogP contribution is 2.07. The van der Waals surface area contributed by atoms with Crippen LogP contribution in [0.25, 0.3) is 5.69 Å². The maximum atomic E-state index is 5.00. The van der Waals surface area contributed by atoms with Gasteiger partial charge in [-0.05, 0) is 24.1 Å². The van der Waals surface area contributed by atoms with Gasteiger partial charge in [0.15, 0.2) is 5.96 Å². The molecule has 22 heavy (non-hydrogen) atoms. The Morgan fingerprint density at radius 3 is 2.73 bits per heavy atom. The van der Waals surface area contributed by atoms with E-state index in [1.165, 1.54) is 5.56 Å². The second-order valence-electron chi connectivity index (χ2n) is 4.80. The number of nitrogens with zero attached hydrogens (tertiary/aromatic N) is 3. The van der Waals surface area contributed by atoms with Crippen molar-refractivity contribution in [2.45, 2.75) is 6.42 Å². The van der Waals surface area contributed by atoms with E-state index < -0.39 is 0 Å². The molecule has 0 spiro atoms. The first-order valence-electron chi connectivity index (χ1n) is 7.36. The third-order valence-electron chi connectivity index (χ3n) is 3.19. The number of methoxy groups -OCH3 is 1. The fraction of sp³-hybridized carbons (Fsp3) is 0.375. The Labute approximate surface area is 131 Å². The second-order valence-corrected chi connectivity index (χ2v) is 4.80. The van der Waals surface area contributed by atoms with Crippen LogP contribution in [0.4, 0.5) is 0 Å². The number of benzene rings is 1. The van der Waals surface area contributed by atoms with E-state index in [2.05, 4.69) is 26.9 Å². The Balaban J connectivity index is 1.79. The largest absolute Gasteiger partial charge is 0.383 e. The fourth-order valence-corrected chi connectivity index (χ4v) is 2.03. The molecule has 0 radical (unpaired) electrons. The lowest BCUT2D eigenvalue weighted by Gasteiger charge is -2.10. The molecule has 0 atom stereocenters. The summed E-state index contributed by atoms with van der Waals surface area (Å²) < 4.78 is 6.89. The number of hydrogen-bond donors (Lipinski definition) is 2. The first-order valence-corrected chi connectivity index (χ1v) is 7.36. The smallest absolute Gasteiger partial charge is 0.191 e. The van der Waals surface area contributed by atoms with E-state index in [4.69, 9.17) is 4.74 Å². The number of nitrogens with one attached hydrogen (secondary N) is 2. The molecule has 6 heteroatoms. The molecule has 1 aromatic carbocycles. The van der Waals surface area contributed by atoms with E-state index in [0.717, 1.165) is 31.2 Å². The minimum atomic E-state index is 0.657. The predicted octanol–water partition coefficient (Wildman–Crippen LogP) is 1.23. The average Bonchev–Trinajstić information content (AvgIpc) is 3.03. The molecule has 2 N–H and O–H groups in total. The molecule has 0 aliphatic carbocycles. The summed E-state index contributed by atoms with van der Waals surface area (Å²) in [7, 11) is 3.44. The van der Waals surface area contributed by atoms with Crippen molar-refractivity contribution in [3.63, 3.8) is 0 Å². The highest BCUT2D eigenvalue weighted by Gasteiger charge is 2.01. The van der Waals surface area contributed by atoms with Crippen LogP contribution in [-0.2, 0) is 11.2 Å². The number of ether oxygens (including phenoxy) is 1. The van der Waals surface area contributed by atoms with E-state index >= 15 is 0 Å². The second kappa shape index (κ2) is 8.84. The van der Waals surface area contributed by atoms with Gasteiger partial charge in [-0.3, -0.25) is 4.99 Å². The highest BCUT2D eigenvalue weighted by atomic mass is 16.5. The topological polar surface area (TPSA) is 63.5 Å². The van der Waals surface area contributed by atoms with Gasteiger partial charge >= 0.3 is 0 Å². The van der Waals surface area contributed by atoms with Crippen LogP contribution >= 0.6 is 0 Å². The SMILES string of the molecule is CN=C(NCCOC)NCCc1cnn(-c2ccccc2)c1. The van der Waals surface area contributed by atoms with E-state index in [1.807, 2.05) is 41.2 Å². The van der Waals surface area contributed by atoms with E-state index in [0.29, 0.717) is 6.61 Å². The fourth-order valence-electron chi connectivity index (χ4n) is 2.03. The van der Waals surface area contributed by atoms with Crippen molar-refractivity contribution in [1.29, 1.82) is 0 Å². The Kier molecular flexibility index (Phi) is 6.44. The van der Waals surface area contributed by atoms with Crippen molar-refractivity contribution in [3.8, 4) is 5.69 Å². The molecule has 0 unspecified atom stereocenters. The number of aromatic nitrogens is 2. The summed E-state index contributed by atoms with van der Waals surface area (Å²) in [6.07, 6.45) is 4.84. The van der Waals surface area contributed by atoms with Crippen LogP contribution in [0.1, 0.15) is 5.56 Å². The first kappa shape index (κ1) is 16.0. The summed E-state index contributed by atoms with van der Waals surface area (Å²) in [6.45, 7) is 2.19. The van der Waals surface area contributed by atoms with Crippen LogP contribution in [0.3, 0.4) is 0 Å². The van der Waals surface area contributed by atoms with Gasteiger partial charge in [-0.1, -0.05) is 18.2 Å². The predicted molar refractivity (Wildman–Crippen MR) is 88.5 cm³/mol. The molecular formula is C16H23N5O. The summed E-state index contributed by atoms with van der Waals surface area (Å²) in [4.78, 5) is 4.16. The van der Waals surface area contributed by atoms with Crippen LogP contribution < -0.4 is 10.6 Å². The van der Waals surface area contributed by atoms with Gasteiger partial charge in [0.1, 0.15) is 0 Å². The van der Waals surface area contributed by atoms with Crippen LogP contribution in [-0.4, -0.2) is 49.6 Å². The third-order valence-corrected chi connectivity index (χ3v) is 3.19. The van der Waals surface area contributed by atoms with Crippen molar-refractivity contribution < 1.29 is 4.74 Å². The molecule has 0 aliphatic heterocycles. The Morgan fingerprint density at radius 2 is 2.00 bits per heavy atom. The molecule has 2 aromatic rings. The first-order chi connectivity index (χ1) is 10.8. The number of hydrogen-bond acceptors (Lipinski definition) is 3. The number of aliphatic imine (C=N–C) groups is 1. The molecule has 0 bridgehead atoms. The molecule has 2 rings (SSSR count). The number of para-hydroxylation sites is 1. The van der Waals surface area contributed by atoms with Crippen molar-refractivity contribution in [2.24, 2.45) is 4.99 Å². The van der Waals surface area contributed by atoms with Crippen LogP contribution in [0.15, 0.2) is 47.7 Å². The van der Waals surface area contributed by atoms with Gasteiger partial charge in [0.25, 0.3) is 0 Å². The Hall–Kier alpha value is -2.34. The lowest BCUT2D eigenvalue weighted by Crippen LogP contribution is -2.39. The summed E-state index contributed by atoms with van der Waals surface area (Å²) in [6, 6.07) is 10.1. The molecule has 0 aliphatic rings. The quantitative estimate of drug-likeness (QED) is 0.459. The average molecular weight is 301 g/mol. The molecule has 0 saturated heterocycles. The Bertz CT molecular complexity index is 579. The third kappa shape index (κ3) is 4.89. The monoisotopic (exact) mass is 301 g/mol. The van der Waals surface area contributed by atoms with E-state index in [9.17, 15) is 0 Å². The van der Waals surface area contributed by atoms with Crippen molar-refractivity contribution >= 4 is 5.96 Å². The van der Waals surface area contributed by atoms with Gasteiger partial charge in [-0.2, -0.15) is 5.10 Å². The zero-order chi connectivity index (χ0) is 15.6. The maximum absolute atomic E-state index is 5.00. The van der Waals surface area contributed by atoms with Gasteiger partial charge in [0, 0.05) is 33.4 Å². The number of guanidine groups is 1. The van der Waals surface area contributed by atoms with Crippen molar-refractivity contribution in [1.82, 2.24) is 20.4 Å². The van der Waals surface area contributed by atoms with Crippen LogP contribution in [0, 0.1) is 0 Å². The van der Waals surface area contributed by atoms with E-state index in [1.54, 1.807) is 14.2 Å². The van der Waals surface area contributed by atoms with Crippen molar-refractivity contribution in [3.05, 3.63) is 48.3 Å². The summed E-state index contributed by atoms with van der Waals surface area (Å²) in [5.41, 5.74) is 2.25. The minimum Gasteiger partial charge on any atom is -0.383 e. The molecule has 0 amide bonds. The standard InChI is InChI=1S/C16H23N5O/c1-17-16(19-10-11-22-2)18-9-8-14-12-20-21(13-14)15-6-4-3-5-7-15/h3-7,12-13H,8-11H2,1-2H3,(H2,17,18,19). The normalized spacial score (nSPS) is 11.5. The molecule has 0 fully saturated rings. The van der Waals surface area contributed by atoms with Crippen LogP contribution in [0.5, 0.6) is 0 Å². The van der Waals surface area contributed by atoms with Crippen molar-refractivity contribution in [2.75, 3.05) is 33.9 Å². The zero-order valence-corrected chi connectivity index (χ0v) is 13.1. The maximum Gasteiger partial charge on any atom is 0.191 e. The molecular weight excluding hydrogens is 278 g/mol. The highest BCUT2D eigenvalue weighted by molar-refractivity contribution is 5.79. The summed E-state index contributed by atoms with van der Waals surface area (Å²) >= 11 is 0. The zero-order valence-electron chi connectivity index (χ0n) is 13.1. The van der Waals surface area contributed by atoms with Gasteiger partial charge < -0.3 is 15.4 Å². The van der Waals surface area contributed by atoms with Crippen LogP contribution in [0.2, 0.25) is 0 Å². The molecule has 1 heterocycles. The molecule has 0 saturated carbocycles. The molecule has 6 nitrogen and oxygen atoms in total. The van der Waals surface area contributed by atoms with Gasteiger partial charge in [0.2, 0.25) is 0 Å². The lowest BCUT2D eigenvalue weighted by atomic mass is 10.2. The molecule has 1 aromatic heterocycles. The number of rotatable bonds is 7. The summed E-state index contributed by atoms with van der Waals surface area (Å²) in [5.74, 6) is 0.785. The van der Waals surface area contributed by atoms with Gasteiger partial charge in [-0.25, -0.2) is 4.68 Å². The molecule has 118 valence electrons. The van der Waals surface area contributed by atoms with E-state index in [-0.39, 0.29) is 0 Å².